The molecular weight excluding hydrogens is 326 g/mol. The van der Waals surface area contributed by atoms with Crippen LogP contribution in [0.4, 0.5) is 0 Å². The van der Waals surface area contributed by atoms with E-state index < -0.39 is 5.97 Å². The van der Waals surface area contributed by atoms with Gasteiger partial charge in [-0.05, 0) is 29.3 Å². The average molecular weight is 347 g/mol. The molecule has 5 heteroatoms. The summed E-state index contributed by atoms with van der Waals surface area (Å²) in [5.74, 6) is -1.05. The number of hydrogen-bond donors (Lipinski definition) is 1. The number of benzene rings is 2. The Kier molecular flexibility index (Phi) is 4.54. The van der Waals surface area contributed by atoms with Gasteiger partial charge in [-0.15, -0.1) is 0 Å². The Morgan fingerprint density at radius 1 is 1.08 bits per heavy atom. The van der Waals surface area contributed by atoms with Crippen molar-refractivity contribution in [1.82, 2.24) is 14.7 Å². The summed E-state index contributed by atoms with van der Waals surface area (Å²) in [7, 11) is 0. The van der Waals surface area contributed by atoms with Crippen molar-refractivity contribution in [2.24, 2.45) is 5.92 Å². The molecule has 1 aliphatic rings. The number of rotatable bonds is 5. The van der Waals surface area contributed by atoms with Gasteiger partial charge in [0.05, 0.1) is 11.6 Å². The molecule has 0 saturated carbocycles. The van der Waals surface area contributed by atoms with E-state index in [0.717, 1.165) is 29.9 Å². The second kappa shape index (κ2) is 7.14. The molecular formula is C21H21N3O2. The van der Waals surface area contributed by atoms with Crippen LogP contribution in [0.25, 0.3) is 5.69 Å². The number of aromatic nitrogens is 2. The van der Waals surface area contributed by atoms with Gasteiger partial charge < -0.3 is 5.11 Å². The van der Waals surface area contributed by atoms with Crippen LogP contribution in [-0.2, 0) is 11.3 Å². The molecule has 1 aromatic heterocycles. The molecule has 0 bridgehead atoms. The Morgan fingerprint density at radius 2 is 1.92 bits per heavy atom. The molecule has 1 fully saturated rings. The van der Waals surface area contributed by atoms with E-state index in [-0.39, 0.29) is 11.8 Å². The summed E-state index contributed by atoms with van der Waals surface area (Å²) in [6.07, 6.45) is 3.68. The second-order valence-electron chi connectivity index (χ2n) is 6.78. The van der Waals surface area contributed by atoms with E-state index in [0.29, 0.717) is 6.54 Å². The zero-order valence-electron chi connectivity index (χ0n) is 14.4. The molecule has 1 aliphatic heterocycles. The maximum Gasteiger partial charge on any atom is 0.308 e. The summed E-state index contributed by atoms with van der Waals surface area (Å²) >= 11 is 0. The first-order valence-electron chi connectivity index (χ1n) is 8.80. The van der Waals surface area contributed by atoms with Crippen molar-refractivity contribution < 1.29 is 9.90 Å². The van der Waals surface area contributed by atoms with Crippen LogP contribution in [0.3, 0.4) is 0 Å². The molecule has 2 unspecified atom stereocenters. The fourth-order valence-electron chi connectivity index (χ4n) is 3.78. The summed E-state index contributed by atoms with van der Waals surface area (Å²) in [4.78, 5) is 14.0. The monoisotopic (exact) mass is 347 g/mol. The molecule has 4 rings (SSSR count). The van der Waals surface area contributed by atoms with Crippen LogP contribution in [0.1, 0.15) is 17.0 Å². The van der Waals surface area contributed by atoms with Crippen molar-refractivity contribution in [2.75, 3.05) is 13.1 Å². The number of carbonyl (C=O) groups is 1. The normalized spacial score (nSPS) is 20.3. The molecule has 0 amide bonds. The van der Waals surface area contributed by atoms with E-state index in [4.69, 9.17) is 0 Å². The maximum absolute atomic E-state index is 11.8. The van der Waals surface area contributed by atoms with Crippen molar-refractivity contribution in [3.63, 3.8) is 0 Å². The number of hydrogen-bond acceptors (Lipinski definition) is 3. The van der Waals surface area contributed by atoms with Gasteiger partial charge in [-0.1, -0.05) is 42.5 Å². The van der Waals surface area contributed by atoms with Gasteiger partial charge in [-0.2, -0.15) is 5.10 Å². The third-order valence-electron chi connectivity index (χ3n) is 5.03. The number of likely N-dealkylation sites (tertiary alicyclic amines) is 1. The average Bonchev–Trinajstić information content (AvgIpc) is 3.33. The smallest absolute Gasteiger partial charge is 0.308 e. The first-order chi connectivity index (χ1) is 12.7. The van der Waals surface area contributed by atoms with Crippen LogP contribution in [0.15, 0.2) is 73.1 Å². The Hall–Kier alpha value is -2.92. The highest BCUT2D eigenvalue weighted by molar-refractivity contribution is 5.72. The lowest BCUT2D eigenvalue weighted by atomic mass is 9.89. The van der Waals surface area contributed by atoms with E-state index in [9.17, 15) is 9.90 Å². The van der Waals surface area contributed by atoms with Gasteiger partial charge in [0, 0.05) is 37.9 Å². The van der Waals surface area contributed by atoms with Gasteiger partial charge in [0.15, 0.2) is 0 Å². The van der Waals surface area contributed by atoms with Crippen molar-refractivity contribution in [1.29, 1.82) is 0 Å². The Bertz CT molecular complexity index is 877. The fraction of sp³-hybridized carbons (Fsp3) is 0.238. The molecule has 0 spiro atoms. The molecule has 1 N–H and O–H groups in total. The first kappa shape index (κ1) is 16.5. The van der Waals surface area contributed by atoms with Crippen LogP contribution in [-0.4, -0.2) is 38.8 Å². The van der Waals surface area contributed by atoms with Gasteiger partial charge in [0.25, 0.3) is 0 Å². The van der Waals surface area contributed by atoms with Gasteiger partial charge in [0.2, 0.25) is 0 Å². The fourth-order valence-corrected chi connectivity index (χ4v) is 3.78. The molecule has 0 radical (unpaired) electrons. The third kappa shape index (κ3) is 3.39. The van der Waals surface area contributed by atoms with Crippen molar-refractivity contribution in [3.05, 3.63) is 84.2 Å². The second-order valence-corrected chi connectivity index (χ2v) is 6.78. The minimum Gasteiger partial charge on any atom is -0.481 e. The van der Waals surface area contributed by atoms with Gasteiger partial charge in [-0.3, -0.25) is 9.69 Å². The maximum atomic E-state index is 11.8. The molecule has 26 heavy (non-hydrogen) atoms. The molecule has 0 aliphatic carbocycles. The summed E-state index contributed by atoms with van der Waals surface area (Å²) in [6, 6.07) is 20.1. The molecule has 132 valence electrons. The molecule has 2 aromatic carbocycles. The summed E-state index contributed by atoms with van der Waals surface area (Å²) in [5, 5.41) is 13.9. The minimum atomic E-state index is -0.716. The number of nitrogens with zero attached hydrogens (tertiary/aromatic N) is 3. The predicted octanol–water partition coefficient (Wildman–Crippen LogP) is 3.17. The van der Waals surface area contributed by atoms with Crippen molar-refractivity contribution in [3.8, 4) is 5.69 Å². The minimum absolute atomic E-state index is 0.0306. The SMILES string of the molecule is O=C(O)C1CN(Cc2cccc(-n3cccn3)c2)CC1c1ccccc1. The van der Waals surface area contributed by atoms with Gasteiger partial charge in [0.1, 0.15) is 0 Å². The lowest BCUT2D eigenvalue weighted by Gasteiger charge is -2.16. The van der Waals surface area contributed by atoms with E-state index in [2.05, 4.69) is 22.1 Å². The zero-order chi connectivity index (χ0) is 17.9. The lowest BCUT2D eigenvalue weighted by Crippen LogP contribution is -2.23. The van der Waals surface area contributed by atoms with Crippen LogP contribution in [0.5, 0.6) is 0 Å². The Morgan fingerprint density at radius 3 is 2.65 bits per heavy atom. The summed E-state index contributed by atoms with van der Waals surface area (Å²) in [6.45, 7) is 2.07. The van der Waals surface area contributed by atoms with E-state index in [1.54, 1.807) is 6.20 Å². The third-order valence-corrected chi connectivity index (χ3v) is 5.03. The summed E-state index contributed by atoms with van der Waals surface area (Å²) < 4.78 is 1.83. The Labute approximate surface area is 152 Å². The van der Waals surface area contributed by atoms with Gasteiger partial charge >= 0.3 is 5.97 Å². The lowest BCUT2D eigenvalue weighted by molar-refractivity contribution is -0.141. The van der Waals surface area contributed by atoms with E-state index in [1.807, 2.05) is 59.4 Å². The highest BCUT2D eigenvalue weighted by Gasteiger charge is 2.38. The largest absolute Gasteiger partial charge is 0.481 e. The van der Waals surface area contributed by atoms with Crippen LogP contribution in [0.2, 0.25) is 0 Å². The topological polar surface area (TPSA) is 58.4 Å². The quantitative estimate of drug-likeness (QED) is 0.770. The molecule has 1 saturated heterocycles. The highest BCUT2D eigenvalue weighted by Crippen LogP contribution is 2.33. The van der Waals surface area contributed by atoms with E-state index >= 15 is 0 Å². The van der Waals surface area contributed by atoms with Crippen LogP contribution < -0.4 is 0 Å². The molecule has 2 atom stereocenters. The summed E-state index contributed by atoms with van der Waals surface area (Å²) in [5.41, 5.74) is 3.28. The van der Waals surface area contributed by atoms with Crippen molar-refractivity contribution >= 4 is 5.97 Å². The zero-order valence-corrected chi connectivity index (χ0v) is 14.4. The number of aliphatic carboxylic acids is 1. The van der Waals surface area contributed by atoms with Gasteiger partial charge in [-0.25, -0.2) is 4.68 Å². The van der Waals surface area contributed by atoms with Crippen molar-refractivity contribution in [2.45, 2.75) is 12.5 Å². The standard InChI is InChI=1S/C21H21N3O2/c25-21(26)20-15-23(14-19(20)17-7-2-1-3-8-17)13-16-6-4-9-18(12-16)24-11-5-10-22-24/h1-12,19-20H,13-15H2,(H,25,26). The molecule has 5 nitrogen and oxygen atoms in total. The first-order valence-corrected chi connectivity index (χ1v) is 8.80. The molecule has 3 aromatic rings. The number of carboxylic acids is 1. The number of carboxylic acid groups (broad SMARTS) is 1. The predicted molar refractivity (Wildman–Crippen MR) is 99.1 cm³/mol. The van der Waals surface area contributed by atoms with Crippen LogP contribution in [0, 0.1) is 5.92 Å². The van der Waals surface area contributed by atoms with E-state index in [1.165, 1.54) is 0 Å². The van der Waals surface area contributed by atoms with Crippen LogP contribution >= 0.6 is 0 Å². The molecule has 2 heterocycles. The Balaban J connectivity index is 1.52. The highest BCUT2D eigenvalue weighted by atomic mass is 16.4.